The van der Waals surface area contributed by atoms with Gasteiger partial charge in [-0.1, -0.05) is 174 Å². The van der Waals surface area contributed by atoms with E-state index in [0.29, 0.717) is 12.8 Å². The van der Waals surface area contributed by atoms with Gasteiger partial charge < -0.3 is 9.84 Å². The predicted molar refractivity (Wildman–Crippen MR) is 181 cm³/mol. The van der Waals surface area contributed by atoms with Crippen molar-refractivity contribution in [2.45, 2.75) is 232 Å². The molecule has 0 heterocycles. The van der Waals surface area contributed by atoms with Crippen LogP contribution in [0.25, 0.3) is 0 Å². The summed E-state index contributed by atoms with van der Waals surface area (Å²) in [6.45, 7) is 4.54. The number of carboxylic acids is 1. The first kappa shape index (κ1) is 40.9. The van der Waals surface area contributed by atoms with E-state index < -0.39 is 5.97 Å². The molecule has 0 aromatic carbocycles. The summed E-state index contributed by atoms with van der Waals surface area (Å²) in [6, 6.07) is 0. The molecule has 0 radical (unpaired) electrons. The third-order valence-corrected chi connectivity index (χ3v) is 8.83. The lowest BCUT2D eigenvalue weighted by atomic mass is 10.0. The maximum atomic E-state index is 12.6. The van der Waals surface area contributed by atoms with E-state index in [1.807, 2.05) is 0 Å². The number of hydrogen-bond donors (Lipinski definition) is 1. The van der Waals surface area contributed by atoms with Crippen molar-refractivity contribution in [3.05, 3.63) is 0 Å². The average Bonchev–Trinajstić information content (AvgIpc) is 2.97. The lowest BCUT2D eigenvalue weighted by molar-refractivity contribution is -0.150. The minimum absolute atomic E-state index is 0.0434. The highest BCUT2D eigenvalue weighted by Gasteiger charge is 2.14. The Bertz CT molecular complexity index is 561. The second kappa shape index (κ2) is 34.4. The van der Waals surface area contributed by atoms with Crippen LogP contribution in [0.2, 0.25) is 0 Å². The van der Waals surface area contributed by atoms with Crippen molar-refractivity contribution in [1.29, 1.82) is 0 Å². The first-order valence-corrected chi connectivity index (χ1v) is 19.0. The van der Waals surface area contributed by atoms with Gasteiger partial charge in [0.2, 0.25) is 0 Å². The van der Waals surface area contributed by atoms with Crippen molar-refractivity contribution in [3.63, 3.8) is 0 Å². The van der Waals surface area contributed by atoms with E-state index in [0.717, 1.165) is 38.5 Å². The van der Waals surface area contributed by atoms with E-state index in [1.54, 1.807) is 0 Å². The fraction of sp³-hybridized carbons (Fsp3) is 0.947. The van der Waals surface area contributed by atoms with E-state index in [4.69, 9.17) is 9.84 Å². The third kappa shape index (κ3) is 33.4. The summed E-state index contributed by atoms with van der Waals surface area (Å²) >= 11 is 0. The Kier molecular flexibility index (Phi) is 33.6. The van der Waals surface area contributed by atoms with Gasteiger partial charge in [0.1, 0.15) is 6.10 Å². The van der Waals surface area contributed by atoms with Gasteiger partial charge in [-0.25, -0.2) is 0 Å². The Morgan fingerprint density at radius 3 is 1.05 bits per heavy atom. The molecular formula is C38H74O4. The molecule has 0 spiro atoms. The predicted octanol–water partition coefficient (Wildman–Crippen LogP) is 12.9. The SMILES string of the molecule is CCCCCCCCCCCCCC(=O)OC(CCCCCCCCC)CCCCCCCCCCCCCC(=O)O. The van der Waals surface area contributed by atoms with Crippen LogP contribution in [0.4, 0.5) is 0 Å². The van der Waals surface area contributed by atoms with Gasteiger partial charge in [-0.3, -0.25) is 9.59 Å². The van der Waals surface area contributed by atoms with Crippen LogP contribution in [0.15, 0.2) is 0 Å². The molecule has 4 nitrogen and oxygen atoms in total. The summed E-state index contributed by atoms with van der Waals surface area (Å²) in [5.74, 6) is -0.626. The molecule has 0 bridgehead atoms. The average molecular weight is 595 g/mol. The zero-order chi connectivity index (χ0) is 30.8. The fourth-order valence-electron chi connectivity index (χ4n) is 6.01. The molecule has 0 amide bonds. The van der Waals surface area contributed by atoms with Crippen LogP contribution in [-0.4, -0.2) is 23.1 Å². The molecule has 4 heteroatoms. The second-order valence-electron chi connectivity index (χ2n) is 13.1. The first-order chi connectivity index (χ1) is 20.6. The molecule has 0 fully saturated rings. The van der Waals surface area contributed by atoms with Crippen molar-refractivity contribution in [1.82, 2.24) is 0 Å². The number of carbonyl (C=O) groups is 2. The number of unbranched alkanes of at least 4 members (excludes halogenated alkanes) is 26. The molecule has 1 N–H and O–H groups in total. The van der Waals surface area contributed by atoms with Crippen molar-refractivity contribution in [3.8, 4) is 0 Å². The van der Waals surface area contributed by atoms with Gasteiger partial charge >= 0.3 is 11.9 Å². The molecule has 0 saturated heterocycles. The largest absolute Gasteiger partial charge is 0.481 e. The molecule has 0 aliphatic heterocycles. The number of ether oxygens (including phenoxy) is 1. The summed E-state index contributed by atoms with van der Waals surface area (Å²) in [7, 11) is 0. The highest BCUT2D eigenvalue weighted by molar-refractivity contribution is 5.69. The van der Waals surface area contributed by atoms with Gasteiger partial charge in [0.15, 0.2) is 0 Å². The van der Waals surface area contributed by atoms with Crippen LogP contribution in [0.5, 0.6) is 0 Å². The Morgan fingerprint density at radius 1 is 0.429 bits per heavy atom. The smallest absolute Gasteiger partial charge is 0.306 e. The normalized spacial score (nSPS) is 12.0. The van der Waals surface area contributed by atoms with E-state index in [1.165, 1.54) is 161 Å². The Balaban J connectivity index is 3.97. The monoisotopic (exact) mass is 595 g/mol. The zero-order valence-corrected chi connectivity index (χ0v) is 28.6. The quantitative estimate of drug-likeness (QED) is 0.0585. The lowest BCUT2D eigenvalue weighted by Gasteiger charge is -2.18. The van der Waals surface area contributed by atoms with Crippen molar-refractivity contribution < 1.29 is 19.4 Å². The van der Waals surface area contributed by atoms with Crippen LogP contribution in [0.1, 0.15) is 226 Å². The van der Waals surface area contributed by atoms with Gasteiger partial charge in [0, 0.05) is 12.8 Å². The van der Waals surface area contributed by atoms with Gasteiger partial charge in [0.25, 0.3) is 0 Å². The number of rotatable bonds is 35. The number of esters is 1. The lowest BCUT2D eigenvalue weighted by Crippen LogP contribution is -2.18. The van der Waals surface area contributed by atoms with E-state index >= 15 is 0 Å². The number of hydrogen-bond acceptors (Lipinski definition) is 3. The summed E-state index contributed by atoms with van der Waals surface area (Å²) in [5, 5.41) is 8.69. The van der Waals surface area contributed by atoms with Crippen molar-refractivity contribution in [2.75, 3.05) is 0 Å². The minimum Gasteiger partial charge on any atom is -0.481 e. The summed E-state index contributed by atoms with van der Waals surface area (Å²) in [6.07, 6.45) is 39.9. The van der Waals surface area contributed by atoms with Crippen molar-refractivity contribution in [2.24, 2.45) is 0 Å². The van der Waals surface area contributed by atoms with Crippen LogP contribution in [-0.2, 0) is 14.3 Å². The van der Waals surface area contributed by atoms with Gasteiger partial charge in [-0.05, 0) is 38.5 Å². The minimum atomic E-state index is -0.670. The molecule has 0 aliphatic rings. The van der Waals surface area contributed by atoms with Crippen molar-refractivity contribution >= 4 is 11.9 Å². The summed E-state index contributed by atoms with van der Waals surface area (Å²) < 4.78 is 6.03. The number of aliphatic carboxylic acids is 1. The second-order valence-corrected chi connectivity index (χ2v) is 13.1. The highest BCUT2D eigenvalue weighted by atomic mass is 16.5. The van der Waals surface area contributed by atoms with Crippen LogP contribution < -0.4 is 0 Å². The summed E-state index contributed by atoms with van der Waals surface area (Å²) in [4.78, 5) is 23.2. The maximum Gasteiger partial charge on any atom is 0.306 e. The van der Waals surface area contributed by atoms with E-state index in [9.17, 15) is 9.59 Å². The molecular weight excluding hydrogens is 520 g/mol. The van der Waals surface area contributed by atoms with Gasteiger partial charge in [0.05, 0.1) is 0 Å². The molecule has 1 atom stereocenters. The van der Waals surface area contributed by atoms with E-state index in [2.05, 4.69) is 13.8 Å². The van der Waals surface area contributed by atoms with E-state index in [-0.39, 0.29) is 12.1 Å². The number of carboxylic acid groups (broad SMARTS) is 1. The standard InChI is InChI=1S/C38H74O4/c1-3-5-7-9-11-12-14-19-23-27-31-35-38(41)42-36(32-28-24-20-10-8-6-4-2)33-29-25-21-17-15-13-16-18-22-26-30-34-37(39)40/h36H,3-35H2,1-2H3,(H,39,40). The van der Waals surface area contributed by atoms with Crippen LogP contribution >= 0.6 is 0 Å². The molecule has 0 aromatic heterocycles. The third-order valence-electron chi connectivity index (χ3n) is 8.83. The molecule has 0 saturated carbocycles. The molecule has 250 valence electrons. The first-order valence-electron chi connectivity index (χ1n) is 19.0. The zero-order valence-electron chi connectivity index (χ0n) is 28.6. The fourth-order valence-corrected chi connectivity index (χ4v) is 6.01. The highest BCUT2D eigenvalue weighted by Crippen LogP contribution is 2.19. The molecule has 0 rings (SSSR count). The number of carbonyl (C=O) groups excluding carboxylic acids is 1. The summed E-state index contributed by atoms with van der Waals surface area (Å²) in [5.41, 5.74) is 0. The maximum absolute atomic E-state index is 12.6. The van der Waals surface area contributed by atoms with Gasteiger partial charge in [-0.15, -0.1) is 0 Å². The van der Waals surface area contributed by atoms with Gasteiger partial charge in [-0.2, -0.15) is 0 Å². The topological polar surface area (TPSA) is 63.6 Å². The van der Waals surface area contributed by atoms with Crippen LogP contribution in [0, 0.1) is 0 Å². The Morgan fingerprint density at radius 2 is 0.714 bits per heavy atom. The molecule has 1 unspecified atom stereocenters. The molecule has 42 heavy (non-hydrogen) atoms. The Hall–Kier alpha value is -1.06. The Labute approximate surface area is 262 Å². The molecule has 0 aliphatic carbocycles. The van der Waals surface area contributed by atoms with Crippen LogP contribution in [0.3, 0.4) is 0 Å². The molecule has 0 aromatic rings.